The molecule has 2 rings (SSSR count). The number of rotatable bonds is 3. The average molecular weight is 364 g/mol. The Morgan fingerprint density at radius 1 is 1.38 bits per heavy atom. The Hall–Kier alpha value is -2.29. The van der Waals surface area contributed by atoms with Gasteiger partial charge in [0.15, 0.2) is 0 Å². The van der Waals surface area contributed by atoms with Crippen molar-refractivity contribution in [3.05, 3.63) is 55.3 Å². The Balaban J connectivity index is 2.69. The first kappa shape index (κ1) is 18.1. The van der Waals surface area contributed by atoms with Gasteiger partial charge >= 0.3 is 0 Å². The molecule has 0 aliphatic carbocycles. The molecule has 0 bridgehead atoms. The highest BCUT2D eigenvalue weighted by atomic mass is 35.5. The van der Waals surface area contributed by atoms with Gasteiger partial charge in [0.25, 0.3) is 5.56 Å². The smallest absolute Gasteiger partial charge is 0.271 e. The zero-order valence-corrected chi connectivity index (χ0v) is 14.9. The van der Waals surface area contributed by atoms with Crippen LogP contribution in [0.5, 0.6) is 5.88 Å². The molecule has 7 heteroatoms. The normalized spacial score (nSPS) is 11.2. The van der Waals surface area contributed by atoms with Crippen LogP contribution in [0.3, 0.4) is 0 Å². The maximum absolute atomic E-state index is 12.3. The summed E-state index contributed by atoms with van der Waals surface area (Å²) in [4.78, 5) is 16.5. The molecular formula is C17H15Cl2N3O2. The summed E-state index contributed by atoms with van der Waals surface area (Å²) in [7, 11) is 0. The van der Waals surface area contributed by atoms with Crippen molar-refractivity contribution >= 4 is 35.1 Å². The molecule has 2 aromatic rings. The first-order valence-corrected chi connectivity index (χ1v) is 7.91. The van der Waals surface area contributed by atoms with E-state index in [0.29, 0.717) is 16.3 Å². The van der Waals surface area contributed by atoms with E-state index >= 15 is 0 Å². The van der Waals surface area contributed by atoms with Gasteiger partial charge in [0, 0.05) is 12.3 Å². The third kappa shape index (κ3) is 3.16. The summed E-state index contributed by atoms with van der Waals surface area (Å²) < 4.78 is 1.16. The number of nitrogens with zero attached hydrogens (tertiary/aromatic N) is 3. The van der Waals surface area contributed by atoms with Crippen LogP contribution in [0.2, 0.25) is 10.0 Å². The highest BCUT2D eigenvalue weighted by Gasteiger charge is 2.19. The van der Waals surface area contributed by atoms with Crippen LogP contribution >= 0.6 is 23.2 Å². The second-order valence-corrected chi connectivity index (χ2v) is 6.23. The summed E-state index contributed by atoms with van der Waals surface area (Å²) in [5.74, 6) is -0.242. The fourth-order valence-electron chi connectivity index (χ4n) is 2.30. The molecule has 0 atom stereocenters. The fourth-order valence-corrected chi connectivity index (χ4v) is 2.65. The molecule has 1 N–H and O–H groups in total. The van der Waals surface area contributed by atoms with Crippen molar-refractivity contribution in [3.63, 3.8) is 0 Å². The van der Waals surface area contributed by atoms with Crippen molar-refractivity contribution in [1.82, 2.24) is 4.57 Å². The van der Waals surface area contributed by atoms with Crippen LogP contribution in [0.25, 0.3) is 0 Å². The SMILES string of the molecule is Cc1c(C=Nc2cccc(Cl)c2Cl)c(O)n(C(C)C)c(=O)c1C#N. The summed E-state index contributed by atoms with van der Waals surface area (Å²) in [5.41, 5.74) is 0.513. The van der Waals surface area contributed by atoms with Crippen LogP contribution in [0.4, 0.5) is 5.69 Å². The van der Waals surface area contributed by atoms with E-state index in [0.717, 1.165) is 4.57 Å². The number of aromatic hydroxyl groups is 1. The Labute approximate surface area is 149 Å². The van der Waals surface area contributed by atoms with Crippen molar-refractivity contribution in [2.45, 2.75) is 26.8 Å². The molecule has 0 saturated carbocycles. The molecule has 0 aliphatic heterocycles. The molecular weight excluding hydrogens is 349 g/mol. The molecule has 1 aromatic carbocycles. The van der Waals surface area contributed by atoms with E-state index in [-0.39, 0.29) is 28.1 Å². The summed E-state index contributed by atoms with van der Waals surface area (Å²) in [6.45, 7) is 5.07. The minimum atomic E-state index is -0.527. The molecule has 0 spiro atoms. The fraction of sp³-hybridized carbons (Fsp3) is 0.235. The average Bonchev–Trinajstić information content (AvgIpc) is 2.51. The molecule has 0 saturated heterocycles. The van der Waals surface area contributed by atoms with Crippen LogP contribution in [0, 0.1) is 18.3 Å². The van der Waals surface area contributed by atoms with E-state index in [1.165, 1.54) is 6.21 Å². The monoisotopic (exact) mass is 363 g/mol. The van der Waals surface area contributed by atoms with E-state index < -0.39 is 5.56 Å². The van der Waals surface area contributed by atoms with Gasteiger partial charge in [-0.15, -0.1) is 0 Å². The molecule has 0 unspecified atom stereocenters. The van der Waals surface area contributed by atoms with Gasteiger partial charge < -0.3 is 5.11 Å². The minimum absolute atomic E-state index is 0.0276. The summed E-state index contributed by atoms with van der Waals surface area (Å²) in [5, 5.41) is 20.3. The molecule has 0 fully saturated rings. The lowest BCUT2D eigenvalue weighted by Gasteiger charge is -2.16. The van der Waals surface area contributed by atoms with Gasteiger partial charge in [-0.05, 0) is 38.5 Å². The predicted octanol–water partition coefficient (Wildman–Crippen LogP) is 4.37. The Bertz CT molecular complexity index is 925. The largest absolute Gasteiger partial charge is 0.494 e. The summed E-state index contributed by atoms with van der Waals surface area (Å²) >= 11 is 12.0. The van der Waals surface area contributed by atoms with Crippen LogP contribution < -0.4 is 5.56 Å². The minimum Gasteiger partial charge on any atom is -0.494 e. The zero-order valence-electron chi connectivity index (χ0n) is 13.3. The highest BCUT2D eigenvalue weighted by molar-refractivity contribution is 6.43. The van der Waals surface area contributed by atoms with E-state index in [9.17, 15) is 15.2 Å². The lowest BCUT2D eigenvalue weighted by Crippen LogP contribution is -2.26. The molecule has 1 aromatic heterocycles. The number of aromatic nitrogens is 1. The van der Waals surface area contributed by atoms with Crippen LogP contribution in [0.15, 0.2) is 28.0 Å². The quantitative estimate of drug-likeness (QED) is 0.822. The second kappa shape index (κ2) is 7.08. The summed E-state index contributed by atoms with van der Waals surface area (Å²) in [6, 6.07) is 6.58. The molecule has 124 valence electrons. The lowest BCUT2D eigenvalue weighted by atomic mass is 10.1. The van der Waals surface area contributed by atoms with Gasteiger partial charge in [-0.2, -0.15) is 5.26 Å². The van der Waals surface area contributed by atoms with E-state index in [1.807, 2.05) is 6.07 Å². The van der Waals surface area contributed by atoms with Gasteiger partial charge in [-0.1, -0.05) is 29.3 Å². The maximum atomic E-state index is 12.3. The lowest BCUT2D eigenvalue weighted by molar-refractivity contribution is 0.386. The Morgan fingerprint density at radius 2 is 2.04 bits per heavy atom. The van der Waals surface area contributed by atoms with Crippen LogP contribution in [0.1, 0.15) is 36.6 Å². The Kier molecular flexibility index (Phi) is 5.33. The van der Waals surface area contributed by atoms with Gasteiger partial charge in [-0.25, -0.2) is 0 Å². The van der Waals surface area contributed by atoms with E-state index in [2.05, 4.69) is 4.99 Å². The first-order chi connectivity index (χ1) is 11.3. The van der Waals surface area contributed by atoms with Gasteiger partial charge in [0.2, 0.25) is 5.88 Å². The molecule has 0 aliphatic rings. The number of hydrogen-bond donors (Lipinski definition) is 1. The second-order valence-electron chi connectivity index (χ2n) is 5.45. The van der Waals surface area contributed by atoms with Crippen molar-refractivity contribution in [1.29, 1.82) is 5.26 Å². The predicted molar refractivity (Wildman–Crippen MR) is 95.9 cm³/mol. The van der Waals surface area contributed by atoms with Gasteiger partial charge in [0.1, 0.15) is 11.6 Å². The Morgan fingerprint density at radius 3 is 2.62 bits per heavy atom. The van der Waals surface area contributed by atoms with Crippen LogP contribution in [-0.4, -0.2) is 15.9 Å². The molecule has 5 nitrogen and oxygen atoms in total. The van der Waals surface area contributed by atoms with Crippen LogP contribution in [-0.2, 0) is 0 Å². The molecule has 0 radical (unpaired) electrons. The number of halogens is 2. The van der Waals surface area contributed by atoms with Crippen molar-refractivity contribution < 1.29 is 5.11 Å². The van der Waals surface area contributed by atoms with E-state index in [4.69, 9.17) is 23.2 Å². The summed E-state index contributed by atoms with van der Waals surface area (Å²) in [6.07, 6.45) is 1.38. The zero-order chi connectivity index (χ0) is 18.0. The highest BCUT2D eigenvalue weighted by Crippen LogP contribution is 2.32. The maximum Gasteiger partial charge on any atom is 0.271 e. The number of hydrogen-bond acceptors (Lipinski definition) is 4. The number of aliphatic imine (C=N–C) groups is 1. The molecule has 0 amide bonds. The third-order valence-corrected chi connectivity index (χ3v) is 4.38. The van der Waals surface area contributed by atoms with Crippen molar-refractivity contribution in [2.75, 3.05) is 0 Å². The topological polar surface area (TPSA) is 78.4 Å². The molecule has 24 heavy (non-hydrogen) atoms. The first-order valence-electron chi connectivity index (χ1n) is 7.15. The standard InChI is InChI=1S/C17H15Cl2N3O2/c1-9(2)22-16(23)11(7-20)10(3)12(17(22)24)8-21-14-6-4-5-13(18)15(14)19/h4-6,8-9,24H,1-3H3. The molecule has 1 heterocycles. The van der Waals surface area contributed by atoms with Crippen molar-refractivity contribution in [3.8, 4) is 11.9 Å². The van der Waals surface area contributed by atoms with E-state index in [1.54, 1.807) is 39.0 Å². The number of nitriles is 1. The van der Waals surface area contributed by atoms with Gasteiger partial charge in [0.05, 0.1) is 21.3 Å². The number of benzene rings is 1. The number of pyridine rings is 1. The van der Waals surface area contributed by atoms with Crippen molar-refractivity contribution in [2.24, 2.45) is 4.99 Å². The third-order valence-electron chi connectivity index (χ3n) is 3.57. The van der Waals surface area contributed by atoms with Gasteiger partial charge in [-0.3, -0.25) is 14.4 Å².